The van der Waals surface area contributed by atoms with Crippen LogP contribution in [-0.4, -0.2) is 35.0 Å². The number of methoxy groups -OCH3 is 1. The molecule has 0 spiro atoms. The van der Waals surface area contributed by atoms with Gasteiger partial charge in [-0.15, -0.1) is 0 Å². The van der Waals surface area contributed by atoms with E-state index in [4.69, 9.17) is 9.72 Å². The third-order valence-corrected chi connectivity index (χ3v) is 7.28. The second-order valence-corrected chi connectivity index (χ2v) is 10.2. The van der Waals surface area contributed by atoms with E-state index in [9.17, 15) is 12.8 Å². The molecular formula is C27H24FN5O3S. The first kappa shape index (κ1) is 24.4. The van der Waals surface area contributed by atoms with Gasteiger partial charge in [-0.2, -0.15) is 0 Å². The number of imidazole rings is 1. The Balaban J connectivity index is 1.45. The zero-order valence-electron chi connectivity index (χ0n) is 20.2. The van der Waals surface area contributed by atoms with Crippen molar-refractivity contribution in [1.29, 1.82) is 0 Å². The molecule has 37 heavy (non-hydrogen) atoms. The van der Waals surface area contributed by atoms with E-state index in [1.165, 1.54) is 24.3 Å². The van der Waals surface area contributed by atoms with Gasteiger partial charge in [-0.05, 0) is 73.5 Å². The maximum atomic E-state index is 14.2. The van der Waals surface area contributed by atoms with Gasteiger partial charge in [-0.25, -0.2) is 22.8 Å². The SMILES string of the molecule is COc1ccnc(CCc2nc3ncccc3n2-c2ccc(S(=O)(=O)Nc3ccc(C)cc3F)cc2)c1. The van der Waals surface area contributed by atoms with Crippen molar-refractivity contribution in [3.63, 3.8) is 0 Å². The minimum absolute atomic E-state index is 0.0147. The zero-order valence-corrected chi connectivity index (χ0v) is 21.0. The molecule has 0 amide bonds. The molecule has 0 aliphatic rings. The molecule has 0 fully saturated rings. The average molecular weight is 518 g/mol. The highest BCUT2D eigenvalue weighted by atomic mass is 32.2. The molecule has 0 saturated heterocycles. The van der Waals surface area contributed by atoms with Gasteiger partial charge < -0.3 is 4.74 Å². The molecular weight excluding hydrogens is 493 g/mol. The van der Waals surface area contributed by atoms with E-state index in [2.05, 4.69) is 14.7 Å². The third-order valence-electron chi connectivity index (χ3n) is 5.90. The number of aryl methyl sites for hydroxylation is 3. The Labute approximate surface area is 213 Å². The lowest BCUT2D eigenvalue weighted by atomic mass is 10.2. The number of rotatable bonds is 8. The monoisotopic (exact) mass is 517 g/mol. The Morgan fingerprint density at radius 3 is 2.54 bits per heavy atom. The van der Waals surface area contributed by atoms with Crippen LogP contribution in [0, 0.1) is 12.7 Å². The van der Waals surface area contributed by atoms with Crippen molar-refractivity contribution >= 4 is 26.9 Å². The number of fused-ring (bicyclic) bond motifs is 1. The molecule has 0 bridgehead atoms. The van der Waals surface area contributed by atoms with E-state index in [0.717, 1.165) is 28.5 Å². The van der Waals surface area contributed by atoms with Gasteiger partial charge in [0.15, 0.2) is 5.65 Å². The number of halogens is 1. The van der Waals surface area contributed by atoms with Crippen LogP contribution in [0.4, 0.5) is 10.1 Å². The first-order valence-corrected chi connectivity index (χ1v) is 13.0. The highest BCUT2D eigenvalue weighted by Crippen LogP contribution is 2.25. The normalized spacial score (nSPS) is 11.5. The molecule has 0 saturated carbocycles. The molecule has 5 rings (SSSR count). The van der Waals surface area contributed by atoms with Gasteiger partial charge in [0.1, 0.15) is 17.4 Å². The zero-order chi connectivity index (χ0) is 26.0. The first-order chi connectivity index (χ1) is 17.8. The van der Waals surface area contributed by atoms with Crippen LogP contribution in [0.3, 0.4) is 0 Å². The molecule has 0 unspecified atom stereocenters. The summed E-state index contributed by atoms with van der Waals surface area (Å²) in [6.07, 6.45) is 4.58. The van der Waals surface area contributed by atoms with Crippen molar-refractivity contribution < 1.29 is 17.5 Å². The summed E-state index contributed by atoms with van der Waals surface area (Å²) in [5.74, 6) is 0.859. The summed E-state index contributed by atoms with van der Waals surface area (Å²) in [6, 6.07) is 18.1. The summed E-state index contributed by atoms with van der Waals surface area (Å²) in [7, 11) is -2.38. The summed E-state index contributed by atoms with van der Waals surface area (Å²) in [5.41, 5.74) is 3.57. The highest BCUT2D eigenvalue weighted by Gasteiger charge is 2.18. The molecule has 1 N–H and O–H groups in total. The van der Waals surface area contributed by atoms with E-state index < -0.39 is 15.8 Å². The van der Waals surface area contributed by atoms with Crippen molar-refractivity contribution in [2.75, 3.05) is 11.8 Å². The van der Waals surface area contributed by atoms with Gasteiger partial charge in [-0.1, -0.05) is 6.07 Å². The third kappa shape index (κ3) is 5.14. The van der Waals surface area contributed by atoms with Crippen LogP contribution in [0.15, 0.2) is 84.0 Å². The van der Waals surface area contributed by atoms with Gasteiger partial charge >= 0.3 is 0 Å². The Kier molecular flexibility index (Phi) is 6.58. The Morgan fingerprint density at radius 1 is 0.973 bits per heavy atom. The fourth-order valence-corrected chi connectivity index (χ4v) is 5.12. The first-order valence-electron chi connectivity index (χ1n) is 11.5. The van der Waals surface area contributed by atoms with Crippen LogP contribution in [0.2, 0.25) is 0 Å². The Morgan fingerprint density at radius 2 is 1.78 bits per heavy atom. The molecule has 8 nitrogen and oxygen atoms in total. The predicted octanol–water partition coefficient (Wildman–Crippen LogP) is 4.86. The maximum Gasteiger partial charge on any atom is 0.261 e. The number of benzene rings is 2. The van der Waals surface area contributed by atoms with E-state index >= 15 is 0 Å². The largest absolute Gasteiger partial charge is 0.497 e. The number of nitrogens with zero attached hydrogens (tertiary/aromatic N) is 4. The molecule has 0 aliphatic heterocycles. The molecule has 0 aliphatic carbocycles. The van der Waals surface area contributed by atoms with Crippen LogP contribution >= 0.6 is 0 Å². The molecule has 5 aromatic rings. The predicted molar refractivity (Wildman–Crippen MR) is 139 cm³/mol. The summed E-state index contributed by atoms with van der Waals surface area (Å²) in [5, 5.41) is 0. The molecule has 188 valence electrons. The van der Waals surface area contributed by atoms with Crippen molar-refractivity contribution in [3.05, 3.63) is 102 Å². The van der Waals surface area contributed by atoms with Gasteiger partial charge in [0, 0.05) is 36.3 Å². The molecule has 3 aromatic heterocycles. The lowest BCUT2D eigenvalue weighted by Gasteiger charge is -2.12. The van der Waals surface area contributed by atoms with Crippen molar-refractivity contribution in [1.82, 2.24) is 19.5 Å². The topological polar surface area (TPSA) is 99.0 Å². The van der Waals surface area contributed by atoms with Gasteiger partial charge in [0.25, 0.3) is 10.0 Å². The van der Waals surface area contributed by atoms with Crippen LogP contribution in [0.25, 0.3) is 16.9 Å². The highest BCUT2D eigenvalue weighted by molar-refractivity contribution is 7.92. The fourth-order valence-electron chi connectivity index (χ4n) is 4.06. The summed E-state index contributed by atoms with van der Waals surface area (Å²) in [6.45, 7) is 1.73. The number of sulfonamides is 1. The molecule has 2 aromatic carbocycles. The van der Waals surface area contributed by atoms with E-state index in [1.54, 1.807) is 50.7 Å². The summed E-state index contributed by atoms with van der Waals surface area (Å²) >= 11 is 0. The Hall–Kier alpha value is -4.31. The number of ether oxygens (including phenoxy) is 1. The summed E-state index contributed by atoms with van der Waals surface area (Å²) in [4.78, 5) is 13.5. The van der Waals surface area contributed by atoms with E-state index in [1.807, 2.05) is 22.8 Å². The van der Waals surface area contributed by atoms with Crippen LogP contribution in [0.5, 0.6) is 5.75 Å². The standard InChI is InChI=1S/C27H24FN5O3S/c1-18-5-11-24(23(28)16-18)32-37(34,35)22-9-7-20(8-10-22)33-25-4-3-14-30-27(25)31-26(33)12-6-19-17-21(36-2)13-15-29-19/h3-5,7-11,13-17,32H,6,12H2,1-2H3. The number of nitrogens with one attached hydrogen (secondary N) is 1. The molecule has 10 heteroatoms. The van der Waals surface area contributed by atoms with Gasteiger partial charge in [0.05, 0.1) is 23.2 Å². The molecule has 3 heterocycles. The summed E-state index contributed by atoms with van der Waals surface area (Å²) < 4.78 is 49.6. The van der Waals surface area contributed by atoms with Gasteiger partial charge in [-0.3, -0.25) is 14.3 Å². The Bertz CT molecular complexity index is 1680. The molecule has 0 radical (unpaired) electrons. The lowest BCUT2D eigenvalue weighted by molar-refractivity contribution is 0.413. The lowest BCUT2D eigenvalue weighted by Crippen LogP contribution is -2.14. The second kappa shape index (κ2) is 9.98. The van der Waals surface area contributed by atoms with E-state index in [-0.39, 0.29) is 10.6 Å². The van der Waals surface area contributed by atoms with E-state index in [0.29, 0.717) is 24.1 Å². The maximum absolute atomic E-state index is 14.2. The van der Waals surface area contributed by atoms with Crippen molar-refractivity contribution in [3.8, 4) is 11.4 Å². The minimum Gasteiger partial charge on any atom is -0.497 e. The number of aromatic nitrogens is 4. The van der Waals surface area contributed by atoms with Gasteiger partial charge in [0.2, 0.25) is 0 Å². The average Bonchev–Trinajstić information content (AvgIpc) is 3.28. The minimum atomic E-state index is -3.99. The molecule has 0 atom stereocenters. The quantitative estimate of drug-likeness (QED) is 0.316. The van der Waals surface area contributed by atoms with Crippen LogP contribution < -0.4 is 9.46 Å². The smallest absolute Gasteiger partial charge is 0.261 e. The number of anilines is 1. The van der Waals surface area contributed by atoms with Crippen molar-refractivity contribution in [2.24, 2.45) is 0 Å². The number of hydrogen-bond acceptors (Lipinski definition) is 6. The number of hydrogen-bond donors (Lipinski definition) is 1. The number of pyridine rings is 2. The fraction of sp³-hybridized carbons (Fsp3) is 0.148. The second-order valence-electron chi connectivity index (χ2n) is 8.48. The van der Waals surface area contributed by atoms with Crippen LogP contribution in [0.1, 0.15) is 17.1 Å². The van der Waals surface area contributed by atoms with Crippen molar-refractivity contribution in [2.45, 2.75) is 24.7 Å². The van der Waals surface area contributed by atoms with Crippen LogP contribution in [-0.2, 0) is 22.9 Å².